The summed E-state index contributed by atoms with van der Waals surface area (Å²) >= 11 is 0. The molecular weight excluding hydrogens is 561 g/mol. The molecular formula is C31H36FN3O6S. The highest BCUT2D eigenvalue weighted by Gasteiger charge is 2.34. The normalized spacial score (nSPS) is 13.7. The number of rotatable bonds is 13. The lowest BCUT2D eigenvalue weighted by atomic mass is 10.0. The van der Waals surface area contributed by atoms with E-state index in [0.29, 0.717) is 17.9 Å². The van der Waals surface area contributed by atoms with E-state index in [1.54, 1.807) is 18.2 Å². The molecule has 0 bridgehead atoms. The van der Waals surface area contributed by atoms with Gasteiger partial charge in [0.15, 0.2) is 11.5 Å². The first kappa shape index (κ1) is 30.8. The Morgan fingerprint density at radius 2 is 1.67 bits per heavy atom. The van der Waals surface area contributed by atoms with E-state index in [0.717, 1.165) is 9.87 Å². The first-order valence-electron chi connectivity index (χ1n) is 13.9. The van der Waals surface area contributed by atoms with Gasteiger partial charge in [0.1, 0.15) is 18.4 Å². The van der Waals surface area contributed by atoms with Crippen molar-refractivity contribution in [3.63, 3.8) is 0 Å². The van der Waals surface area contributed by atoms with Crippen molar-refractivity contribution in [3.8, 4) is 11.5 Å². The summed E-state index contributed by atoms with van der Waals surface area (Å²) in [7, 11) is -3.95. The number of nitrogens with one attached hydrogen (secondary N) is 1. The summed E-state index contributed by atoms with van der Waals surface area (Å²) in [6.07, 6.45) is 0.811. The van der Waals surface area contributed by atoms with Gasteiger partial charge in [0.05, 0.1) is 11.4 Å². The van der Waals surface area contributed by atoms with E-state index in [1.165, 1.54) is 36.1 Å². The van der Waals surface area contributed by atoms with Gasteiger partial charge in [-0.15, -0.1) is 0 Å². The summed E-state index contributed by atoms with van der Waals surface area (Å²) in [5, 5.41) is 2.95. The zero-order valence-corrected chi connectivity index (χ0v) is 24.8. The minimum absolute atomic E-state index is 0.00111. The number of ether oxygens (including phenoxy) is 2. The number of hydrogen-bond acceptors (Lipinski definition) is 6. The van der Waals surface area contributed by atoms with Gasteiger partial charge in [0.2, 0.25) is 28.6 Å². The number of anilines is 1. The number of halogens is 1. The first-order chi connectivity index (χ1) is 20.1. The van der Waals surface area contributed by atoms with Gasteiger partial charge in [-0.05, 0) is 44.0 Å². The van der Waals surface area contributed by atoms with Crippen molar-refractivity contribution in [1.82, 2.24) is 10.2 Å². The molecule has 0 radical (unpaired) electrons. The lowest BCUT2D eigenvalue weighted by Gasteiger charge is -2.34. The maximum absolute atomic E-state index is 14.9. The van der Waals surface area contributed by atoms with Gasteiger partial charge in [-0.2, -0.15) is 0 Å². The number of nitrogens with zero attached hydrogens (tertiary/aromatic N) is 2. The third kappa shape index (κ3) is 7.39. The zero-order chi connectivity index (χ0) is 30.3. The average Bonchev–Trinajstić information content (AvgIpc) is 3.46. The van der Waals surface area contributed by atoms with Crippen molar-refractivity contribution < 1.29 is 31.9 Å². The molecule has 4 rings (SSSR count). The fourth-order valence-corrected chi connectivity index (χ4v) is 5.62. The quantitative estimate of drug-likeness (QED) is 0.316. The maximum atomic E-state index is 14.9. The van der Waals surface area contributed by atoms with Crippen LogP contribution >= 0.6 is 0 Å². The van der Waals surface area contributed by atoms with Crippen molar-refractivity contribution >= 4 is 27.5 Å². The Morgan fingerprint density at radius 1 is 0.976 bits per heavy atom. The Kier molecular flexibility index (Phi) is 10.1. The fourth-order valence-electron chi connectivity index (χ4n) is 4.57. The summed E-state index contributed by atoms with van der Waals surface area (Å²) in [5.41, 5.74) is 1.21. The fraction of sp³-hybridized carbons (Fsp3) is 0.355. The molecule has 0 spiro atoms. The van der Waals surface area contributed by atoms with Gasteiger partial charge in [0, 0.05) is 30.6 Å². The summed E-state index contributed by atoms with van der Waals surface area (Å²) < 4.78 is 53.3. The topological polar surface area (TPSA) is 105 Å². The molecule has 224 valence electrons. The third-order valence-electron chi connectivity index (χ3n) is 7.19. The van der Waals surface area contributed by atoms with E-state index in [9.17, 15) is 22.4 Å². The molecule has 2 atom stereocenters. The molecule has 1 N–H and O–H groups in total. The smallest absolute Gasteiger partial charge is 0.244 e. The standard InChI is InChI=1S/C31H36FN3O6S/c1-4-22(3)33-31(37)27(17-23-11-7-6-8-12-23)34(19-24-13-9-10-14-26(24)32)30(36)20-35(42(38,39)5-2)25-15-16-28-29(18-25)41-21-40-28/h6-16,18,22,27H,4-5,17,19-21H2,1-3H3,(H,33,37). The maximum Gasteiger partial charge on any atom is 0.244 e. The van der Waals surface area contributed by atoms with E-state index in [2.05, 4.69) is 5.32 Å². The molecule has 1 aliphatic heterocycles. The number of carbonyl (C=O) groups is 2. The molecule has 2 amide bonds. The predicted molar refractivity (Wildman–Crippen MR) is 158 cm³/mol. The largest absolute Gasteiger partial charge is 0.454 e. The van der Waals surface area contributed by atoms with Gasteiger partial charge in [-0.1, -0.05) is 55.5 Å². The number of sulfonamides is 1. The van der Waals surface area contributed by atoms with Crippen LogP contribution in [0.1, 0.15) is 38.3 Å². The summed E-state index contributed by atoms with van der Waals surface area (Å²) in [6.45, 7) is 4.42. The van der Waals surface area contributed by atoms with E-state index in [1.807, 2.05) is 44.2 Å². The van der Waals surface area contributed by atoms with Crippen molar-refractivity contribution in [2.24, 2.45) is 0 Å². The van der Waals surface area contributed by atoms with Crippen LogP contribution in [0.4, 0.5) is 10.1 Å². The number of amides is 2. The molecule has 11 heteroatoms. The molecule has 0 saturated carbocycles. The number of benzene rings is 3. The summed E-state index contributed by atoms with van der Waals surface area (Å²) in [6, 6.07) is 18.6. The number of fused-ring (bicyclic) bond motifs is 1. The van der Waals surface area contributed by atoms with Crippen LogP contribution in [-0.4, -0.2) is 56.3 Å². The third-order valence-corrected chi connectivity index (χ3v) is 8.94. The van der Waals surface area contributed by atoms with Crippen LogP contribution in [0, 0.1) is 5.82 Å². The summed E-state index contributed by atoms with van der Waals surface area (Å²) in [5.74, 6) is -1.06. The van der Waals surface area contributed by atoms with Gasteiger partial charge in [0.25, 0.3) is 0 Å². The number of carbonyl (C=O) groups excluding carboxylic acids is 2. The average molecular weight is 598 g/mol. The molecule has 3 aromatic rings. The molecule has 0 aliphatic carbocycles. The predicted octanol–water partition coefficient (Wildman–Crippen LogP) is 4.27. The van der Waals surface area contributed by atoms with Crippen LogP contribution in [0.25, 0.3) is 0 Å². The summed E-state index contributed by atoms with van der Waals surface area (Å²) in [4.78, 5) is 29.2. The Hall–Kier alpha value is -4.12. The lowest BCUT2D eigenvalue weighted by molar-refractivity contribution is -0.140. The van der Waals surface area contributed by atoms with E-state index < -0.39 is 40.2 Å². The van der Waals surface area contributed by atoms with Crippen LogP contribution < -0.4 is 19.1 Å². The van der Waals surface area contributed by atoms with Crippen LogP contribution in [0.2, 0.25) is 0 Å². The van der Waals surface area contributed by atoms with Crippen molar-refractivity contribution in [1.29, 1.82) is 0 Å². The Labute approximate surface area is 246 Å². The van der Waals surface area contributed by atoms with Crippen molar-refractivity contribution in [2.45, 2.75) is 52.2 Å². The monoisotopic (exact) mass is 597 g/mol. The minimum Gasteiger partial charge on any atom is -0.454 e. The Balaban J connectivity index is 1.76. The lowest BCUT2D eigenvalue weighted by Crippen LogP contribution is -2.54. The van der Waals surface area contributed by atoms with Crippen LogP contribution in [-0.2, 0) is 32.6 Å². The number of hydrogen-bond donors (Lipinski definition) is 1. The molecule has 1 aliphatic rings. The molecule has 9 nitrogen and oxygen atoms in total. The van der Waals surface area contributed by atoms with Crippen LogP contribution in [0.3, 0.4) is 0 Å². The molecule has 0 fully saturated rings. The van der Waals surface area contributed by atoms with Crippen molar-refractivity contribution in [2.75, 3.05) is 23.4 Å². The second-order valence-electron chi connectivity index (χ2n) is 10.1. The zero-order valence-electron chi connectivity index (χ0n) is 24.0. The molecule has 1 heterocycles. The highest BCUT2D eigenvalue weighted by atomic mass is 32.2. The van der Waals surface area contributed by atoms with Crippen molar-refractivity contribution in [3.05, 3.63) is 89.7 Å². The molecule has 2 unspecified atom stereocenters. The highest BCUT2D eigenvalue weighted by molar-refractivity contribution is 7.92. The van der Waals surface area contributed by atoms with Gasteiger partial charge < -0.3 is 19.7 Å². The molecule has 42 heavy (non-hydrogen) atoms. The van der Waals surface area contributed by atoms with E-state index >= 15 is 0 Å². The minimum atomic E-state index is -3.95. The SMILES string of the molecule is CCC(C)NC(=O)C(Cc1ccccc1)N(Cc1ccccc1F)C(=O)CN(c1ccc2c(c1)OCO2)S(=O)(=O)CC. The first-order valence-corrected chi connectivity index (χ1v) is 15.5. The van der Waals surface area contributed by atoms with Gasteiger partial charge in [-0.3, -0.25) is 13.9 Å². The van der Waals surface area contributed by atoms with E-state index in [4.69, 9.17) is 9.47 Å². The van der Waals surface area contributed by atoms with Crippen LogP contribution in [0.15, 0.2) is 72.8 Å². The van der Waals surface area contributed by atoms with Gasteiger partial charge >= 0.3 is 0 Å². The Bertz CT molecular complexity index is 1500. The molecule has 0 aromatic heterocycles. The van der Waals surface area contributed by atoms with E-state index in [-0.39, 0.29) is 42.8 Å². The Morgan fingerprint density at radius 3 is 2.36 bits per heavy atom. The molecule has 0 saturated heterocycles. The molecule has 3 aromatic carbocycles. The van der Waals surface area contributed by atoms with Crippen LogP contribution in [0.5, 0.6) is 11.5 Å². The van der Waals surface area contributed by atoms with Gasteiger partial charge in [-0.25, -0.2) is 12.8 Å². The highest BCUT2D eigenvalue weighted by Crippen LogP contribution is 2.36. The second kappa shape index (κ2) is 13.7. The second-order valence-corrected chi connectivity index (χ2v) is 12.3.